The first-order valence-electron chi connectivity index (χ1n) is 14.2. The van der Waals surface area contributed by atoms with Crippen LogP contribution in [0, 0.1) is 0 Å². The van der Waals surface area contributed by atoms with Gasteiger partial charge in [0.2, 0.25) is 5.95 Å². The van der Waals surface area contributed by atoms with Gasteiger partial charge in [-0.05, 0) is 80.4 Å². The minimum absolute atomic E-state index is 0.248. The summed E-state index contributed by atoms with van der Waals surface area (Å²) in [5, 5.41) is 3.79. The van der Waals surface area contributed by atoms with Gasteiger partial charge in [0.15, 0.2) is 17.3 Å². The van der Waals surface area contributed by atoms with E-state index >= 15 is 0 Å². The molecule has 3 aromatic heterocycles. The third-order valence-corrected chi connectivity index (χ3v) is 8.32. The second-order valence-electron chi connectivity index (χ2n) is 11.4. The SMILES string of the molecule is C=CCn1c(=O)c2cnc(Nc3cc4c(c(CN5CCCC5)c3)CCN(C)C4)nc2n1-c1cccc(N=S(C)(C)=O)n1. The third-order valence-electron chi connectivity index (χ3n) is 7.69. The van der Waals surface area contributed by atoms with Gasteiger partial charge in [-0.3, -0.25) is 9.69 Å². The zero-order valence-corrected chi connectivity index (χ0v) is 25.2. The van der Waals surface area contributed by atoms with Gasteiger partial charge in [0.05, 0.1) is 6.54 Å². The number of likely N-dealkylation sites (N-methyl/N-ethyl adjacent to an activating group) is 1. The van der Waals surface area contributed by atoms with Crippen molar-refractivity contribution in [2.45, 2.75) is 38.9 Å². The van der Waals surface area contributed by atoms with E-state index in [1.165, 1.54) is 34.2 Å². The molecule has 12 heteroatoms. The van der Waals surface area contributed by atoms with Crippen LogP contribution in [0.15, 0.2) is 58.3 Å². The Morgan fingerprint density at radius 3 is 2.71 bits per heavy atom. The molecule has 1 aromatic carbocycles. The quantitative estimate of drug-likeness (QED) is 0.310. The molecule has 42 heavy (non-hydrogen) atoms. The van der Waals surface area contributed by atoms with Crippen molar-refractivity contribution in [3.8, 4) is 5.82 Å². The number of hydrogen-bond donors (Lipinski definition) is 1. The highest BCUT2D eigenvalue weighted by Crippen LogP contribution is 2.30. The summed E-state index contributed by atoms with van der Waals surface area (Å²) in [5.41, 5.74) is 5.22. The summed E-state index contributed by atoms with van der Waals surface area (Å²) in [7, 11) is -0.264. The molecule has 0 spiro atoms. The summed E-state index contributed by atoms with van der Waals surface area (Å²) in [5.74, 6) is 1.14. The average Bonchev–Trinajstić information content (AvgIpc) is 3.54. The molecule has 0 atom stereocenters. The lowest BCUT2D eigenvalue weighted by atomic mass is 9.93. The number of allylic oxidation sites excluding steroid dienone is 1. The molecular formula is C30H37N9O2S. The van der Waals surface area contributed by atoms with E-state index in [2.05, 4.69) is 55.2 Å². The van der Waals surface area contributed by atoms with Gasteiger partial charge in [0.25, 0.3) is 5.56 Å². The number of aromatic nitrogens is 5. The maximum absolute atomic E-state index is 13.4. The van der Waals surface area contributed by atoms with E-state index in [0.717, 1.165) is 44.8 Å². The number of likely N-dealkylation sites (tertiary alicyclic amines) is 1. The fraction of sp³-hybridized carbons (Fsp3) is 0.400. The Kier molecular flexibility index (Phi) is 7.69. The minimum Gasteiger partial charge on any atom is -0.324 e. The molecule has 0 bridgehead atoms. The van der Waals surface area contributed by atoms with E-state index in [1.807, 2.05) is 0 Å². The highest BCUT2D eigenvalue weighted by molar-refractivity contribution is 7.92. The van der Waals surface area contributed by atoms with E-state index in [-0.39, 0.29) is 12.1 Å². The molecule has 220 valence electrons. The normalized spacial score (nSPS) is 16.1. The number of rotatable bonds is 8. The van der Waals surface area contributed by atoms with Crippen LogP contribution in [0.25, 0.3) is 16.9 Å². The largest absolute Gasteiger partial charge is 0.324 e. The van der Waals surface area contributed by atoms with Crippen LogP contribution in [-0.2, 0) is 35.8 Å². The summed E-state index contributed by atoms with van der Waals surface area (Å²) in [4.78, 5) is 32.2. The molecule has 2 aliphatic rings. The van der Waals surface area contributed by atoms with Gasteiger partial charge in [0, 0.05) is 53.8 Å². The summed E-state index contributed by atoms with van der Waals surface area (Å²) in [6.45, 7) is 9.25. The Bertz CT molecular complexity index is 1840. The molecule has 1 fully saturated rings. The molecule has 1 saturated heterocycles. The lowest BCUT2D eigenvalue weighted by molar-refractivity contribution is 0.304. The second-order valence-corrected chi connectivity index (χ2v) is 14.0. The highest BCUT2D eigenvalue weighted by atomic mass is 32.2. The fourth-order valence-electron chi connectivity index (χ4n) is 5.87. The van der Waals surface area contributed by atoms with Crippen molar-refractivity contribution in [1.29, 1.82) is 0 Å². The number of pyridine rings is 1. The summed E-state index contributed by atoms with van der Waals surface area (Å²) < 4.78 is 19.7. The van der Waals surface area contributed by atoms with Gasteiger partial charge in [-0.1, -0.05) is 12.1 Å². The molecular weight excluding hydrogens is 550 g/mol. The summed E-state index contributed by atoms with van der Waals surface area (Å²) in [6.07, 6.45) is 9.87. The van der Waals surface area contributed by atoms with Crippen molar-refractivity contribution >= 4 is 38.2 Å². The van der Waals surface area contributed by atoms with Crippen LogP contribution < -0.4 is 10.9 Å². The molecule has 0 radical (unpaired) electrons. The number of fused-ring (bicyclic) bond motifs is 2. The number of anilines is 2. The predicted octanol–water partition coefficient (Wildman–Crippen LogP) is 3.85. The molecule has 4 aromatic rings. The van der Waals surface area contributed by atoms with Crippen LogP contribution >= 0.6 is 0 Å². The Hall–Kier alpha value is -3.87. The van der Waals surface area contributed by atoms with Crippen LogP contribution in [0.2, 0.25) is 0 Å². The molecule has 0 amide bonds. The predicted molar refractivity (Wildman–Crippen MR) is 167 cm³/mol. The Morgan fingerprint density at radius 2 is 1.95 bits per heavy atom. The van der Waals surface area contributed by atoms with Crippen molar-refractivity contribution in [3.05, 3.63) is 76.2 Å². The van der Waals surface area contributed by atoms with Crippen LogP contribution in [0.1, 0.15) is 29.5 Å². The van der Waals surface area contributed by atoms with Gasteiger partial charge in [-0.25, -0.2) is 23.5 Å². The first kappa shape index (κ1) is 28.3. The minimum atomic E-state index is -2.42. The van der Waals surface area contributed by atoms with E-state index < -0.39 is 9.73 Å². The van der Waals surface area contributed by atoms with Crippen molar-refractivity contribution in [1.82, 2.24) is 34.1 Å². The number of nitrogens with zero attached hydrogens (tertiary/aromatic N) is 8. The number of benzene rings is 1. The monoisotopic (exact) mass is 587 g/mol. The van der Waals surface area contributed by atoms with Crippen LogP contribution in [-0.4, -0.2) is 77.5 Å². The van der Waals surface area contributed by atoms with E-state index in [9.17, 15) is 9.00 Å². The molecule has 2 aliphatic heterocycles. The highest BCUT2D eigenvalue weighted by Gasteiger charge is 2.22. The third kappa shape index (κ3) is 5.87. The molecule has 0 unspecified atom stereocenters. The van der Waals surface area contributed by atoms with Crippen molar-refractivity contribution in [3.63, 3.8) is 0 Å². The van der Waals surface area contributed by atoms with E-state index in [1.54, 1.807) is 47.7 Å². The van der Waals surface area contributed by atoms with Gasteiger partial charge in [-0.15, -0.1) is 6.58 Å². The van der Waals surface area contributed by atoms with Gasteiger partial charge < -0.3 is 10.2 Å². The van der Waals surface area contributed by atoms with Crippen LogP contribution in [0.4, 0.5) is 17.5 Å². The first-order valence-corrected chi connectivity index (χ1v) is 16.6. The van der Waals surface area contributed by atoms with E-state index in [0.29, 0.717) is 28.6 Å². The Morgan fingerprint density at radius 1 is 1.14 bits per heavy atom. The molecule has 1 N–H and O–H groups in total. The van der Waals surface area contributed by atoms with Gasteiger partial charge in [0.1, 0.15) is 5.39 Å². The average molecular weight is 588 g/mol. The van der Waals surface area contributed by atoms with Crippen LogP contribution in [0.3, 0.4) is 0 Å². The Balaban J connectivity index is 1.43. The smallest absolute Gasteiger partial charge is 0.278 e. The molecule has 0 saturated carbocycles. The number of hydrogen-bond acceptors (Lipinski definition) is 9. The second kappa shape index (κ2) is 11.4. The maximum atomic E-state index is 13.4. The molecule has 11 nitrogen and oxygen atoms in total. The van der Waals surface area contributed by atoms with Gasteiger partial charge in [-0.2, -0.15) is 9.35 Å². The summed E-state index contributed by atoms with van der Waals surface area (Å²) in [6, 6.07) is 9.65. The molecule has 6 rings (SSSR count). The lowest BCUT2D eigenvalue weighted by Crippen LogP contribution is -2.29. The first-order chi connectivity index (χ1) is 20.2. The standard InChI is InChI=1S/C30H37N9O2S/c1-5-12-38-29(40)25-18-31-30(34-28(25)39(38)27-10-8-9-26(33-27)35-42(3,4)41)32-23-16-21-19-36(2)15-11-24(21)22(17-23)20-37-13-6-7-14-37/h5,8-10,16-18H,1,6-7,11-15,19-20H2,2-4H3,(H,31,32,34). The fourth-order valence-corrected chi connectivity index (χ4v) is 6.42. The topological polar surface area (TPSA) is 114 Å². The molecule has 0 aliphatic carbocycles. The van der Waals surface area contributed by atoms with Crippen molar-refractivity contribution in [2.75, 3.05) is 44.5 Å². The summed E-state index contributed by atoms with van der Waals surface area (Å²) >= 11 is 0. The Labute approximate surface area is 246 Å². The van der Waals surface area contributed by atoms with Crippen molar-refractivity contribution < 1.29 is 4.21 Å². The number of nitrogens with one attached hydrogen (secondary N) is 1. The van der Waals surface area contributed by atoms with E-state index in [4.69, 9.17) is 4.98 Å². The maximum Gasteiger partial charge on any atom is 0.278 e. The van der Waals surface area contributed by atoms with Crippen LogP contribution in [0.5, 0.6) is 0 Å². The van der Waals surface area contributed by atoms with Gasteiger partial charge >= 0.3 is 0 Å². The van der Waals surface area contributed by atoms with Crippen molar-refractivity contribution in [2.24, 2.45) is 4.36 Å². The lowest BCUT2D eigenvalue weighted by Gasteiger charge is -2.29. The zero-order chi connectivity index (χ0) is 29.4. The molecule has 5 heterocycles. The zero-order valence-electron chi connectivity index (χ0n) is 24.4.